The van der Waals surface area contributed by atoms with Gasteiger partial charge >= 0.3 is 5.97 Å². The molecule has 0 bridgehead atoms. The Morgan fingerprint density at radius 3 is 2.82 bits per heavy atom. The first-order chi connectivity index (χ1) is 8.16. The quantitative estimate of drug-likeness (QED) is 0.844. The van der Waals surface area contributed by atoms with E-state index in [9.17, 15) is 9.00 Å². The second-order valence-electron chi connectivity index (χ2n) is 3.99. The minimum Gasteiger partial charge on any atom is -0.478 e. The maximum absolute atomic E-state index is 11.2. The number of nitrogens with zero attached hydrogens (tertiary/aromatic N) is 1. The molecule has 0 aromatic carbocycles. The molecule has 1 aromatic heterocycles. The van der Waals surface area contributed by atoms with Crippen LogP contribution in [0, 0.1) is 0 Å². The first-order valence-electron chi connectivity index (χ1n) is 5.45. The first-order valence-corrected chi connectivity index (χ1v) is 6.94. The second kappa shape index (κ2) is 5.27. The Morgan fingerprint density at radius 1 is 1.47 bits per heavy atom. The molecule has 1 aliphatic heterocycles. The monoisotopic (exact) mass is 254 g/mol. The summed E-state index contributed by atoms with van der Waals surface area (Å²) in [4.78, 5) is 14.9. The molecule has 5 nitrogen and oxygen atoms in total. The van der Waals surface area contributed by atoms with E-state index in [1.165, 1.54) is 18.5 Å². The predicted molar refractivity (Wildman–Crippen MR) is 65.7 cm³/mol. The summed E-state index contributed by atoms with van der Waals surface area (Å²) in [7, 11) is -0.705. The van der Waals surface area contributed by atoms with Gasteiger partial charge < -0.3 is 10.4 Å². The summed E-state index contributed by atoms with van der Waals surface area (Å²) >= 11 is 0. The molecule has 2 rings (SSSR count). The van der Waals surface area contributed by atoms with Crippen LogP contribution >= 0.6 is 0 Å². The molecule has 0 aliphatic carbocycles. The summed E-state index contributed by atoms with van der Waals surface area (Å²) < 4.78 is 11.2. The Kier molecular flexibility index (Phi) is 3.73. The Bertz CT molecular complexity index is 440. The van der Waals surface area contributed by atoms with Gasteiger partial charge in [0, 0.05) is 34.5 Å². The summed E-state index contributed by atoms with van der Waals surface area (Å²) in [6.07, 6.45) is 4.60. The highest BCUT2D eigenvalue weighted by molar-refractivity contribution is 7.85. The van der Waals surface area contributed by atoms with Gasteiger partial charge in [-0.1, -0.05) is 0 Å². The summed E-state index contributed by atoms with van der Waals surface area (Å²) in [5, 5.41) is 12.2. The van der Waals surface area contributed by atoms with Crippen LogP contribution in [0.2, 0.25) is 0 Å². The zero-order valence-corrected chi connectivity index (χ0v) is 10.1. The number of nitrogens with one attached hydrogen (secondary N) is 1. The van der Waals surface area contributed by atoms with Gasteiger partial charge in [0.25, 0.3) is 0 Å². The van der Waals surface area contributed by atoms with Gasteiger partial charge in [-0.3, -0.25) is 9.19 Å². The second-order valence-corrected chi connectivity index (χ2v) is 5.69. The van der Waals surface area contributed by atoms with E-state index in [2.05, 4.69) is 10.3 Å². The third-order valence-corrected chi connectivity index (χ3v) is 4.18. The molecule has 0 atom stereocenters. The molecule has 1 aliphatic rings. The molecule has 2 heterocycles. The number of anilines is 1. The van der Waals surface area contributed by atoms with E-state index >= 15 is 0 Å². The van der Waals surface area contributed by atoms with Crippen LogP contribution < -0.4 is 5.32 Å². The minimum atomic E-state index is -0.964. The molecule has 0 spiro atoms. The summed E-state index contributed by atoms with van der Waals surface area (Å²) in [5.41, 5.74) is 0.768. The SMILES string of the molecule is O=C(O)c1ccncc1NC1CCS(=O)CC1. The van der Waals surface area contributed by atoms with Gasteiger partial charge in [0.05, 0.1) is 17.4 Å². The van der Waals surface area contributed by atoms with Gasteiger partial charge in [0.1, 0.15) is 0 Å². The molecule has 2 N–H and O–H groups in total. The maximum atomic E-state index is 11.2. The van der Waals surface area contributed by atoms with Gasteiger partial charge in [-0.05, 0) is 18.9 Å². The number of pyridine rings is 1. The lowest BCUT2D eigenvalue weighted by atomic mass is 10.1. The van der Waals surface area contributed by atoms with Crippen molar-refractivity contribution in [2.45, 2.75) is 18.9 Å². The third kappa shape index (κ3) is 3.03. The van der Waals surface area contributed by atoms with Gasteiger partial charge in [0.2, 0.25) is 0 Å². The average molecular weight is 254 g/mol. The molecule has 1 saturated heterocycles. The fourth-order valence-electron chi connectivity index (χ4n) is 1.85. The number of carboxylic acids is 1. The number of aromatic carboxylic acids is 1. The number of carboxylic acid groups (broad SMARTS) is 1. The third-order valence-electron chi connectivity index (χ3n) is 2.80. The predicted octanol–water partition coefficient (Wildman–Crippen LogP) is 1.10. The molecule has 0 saturated carbocycles. The van der Waals surface area contributed by atoms with Gasteiger partial charge in [0.15, 0.2) is 0 Å². The van der Waals surface area contributed by atoms with Crippen LogP contribution in [-0.2, 0) is 10.8 Å². The highest BCUT2D eigenvalue weighted by Crippen LogP contribution is 2.19. The van der Waals surface area contributed by atoms with E-state index in [1.807, 2.05) is 0 Å². The van der Waals surface area contributed by atoms with Crippen molar-refractivity contribution in [1.82, 2.24) is 4.98 Å². The van der Waals surface area contributed by atoms with E-state index < -0.39 is 16.8 Å². The Balaban J connectivity index is 2.08. The highest BCUT2D eigenvalue weighted by atomic mass is 32.2. The van der Waals surface area contributed by atoms with E-state index in [0.29, 0.717) is 17.2 Å². The largest absolute Gasteiger partial charge is 0.478 e. The smallest absolute Gasteiger partial charge is 0.337 e. The summed E-state index contributed by atoms with van der Waals surface area (Å²) in [6.45, 7) is 0. The van der Waals surface area contributed by atoms with Crippen LogP contribution in [0.1, 0.15) is 23.2 Å². The number of hydrogen-bond donors (Lipinski definition) is 2. The molecular weight excluding hydrogens is 240 g/mol. The topological polar surface area (TPSA) is 79.3 Å². The molecule has 17 heavy (non-hydrogen) atoms. The van der Waals surface area contributed by atoms with Crippen molar-refractivity contribution in [2.24, 2.45) is 0 Å². The maximum Gasteiger partial charge on any atom is 0.337 e. The summed E-state index contributed by atoms with van der Waals surface area (Å²) in [5.74, 6) is 0.398. The van der Waals surface area contributed by atoms with Crippen LogP contribution in [-0.4, -0.2) is 37.8 Å². The van der Waals surface area contributed by atoms with E-state index in [1.54, 1.807) is 0 Å². The fourth-order valence-corrected chi connectivity index (χ4v) is 3.15. The van der Waals surface area contributed by atoms with Crippen molar-refractivity contribution in [1.29, 1.82) is 0 Å². The van der Waals surface area contributed by atoms with Crippen molar-refractivity contribution in [3.8, 4) is 0 Å². The fraction of sp³-hybridized carbons (Fsp3) is 0.455. The number of carbonyl (C=O) groups is 1. The standard InChI is InChI=1S/C11H14N2O3S/c14-11(15)9-1-4-12-7-10(9)13-8-2-5-17(16)6-3-8/h1,4,7-8,13H,2-3,5-6H2,(H,14,15). The minimum absolute atomic E-state index is 0.190. The zero-order valence-electron chi connectivity index (χ0n) is 9.26. The van der Waals surface area contributed by atoms with Crippen LogP contribution in [0.15, 0.2) is 18.5 Å². The van der Waals surface area contributed by atoms with Gasteiger partial charge in [-0.2, -0.15) is 0 Å². The van der Waals surface area contributed by atoms with Crippen molar-refractivity contribution >= 4 is 22.5 Å². The zero-order chi connectivity index (χ0) is 12.3. The average Bonchev–Trinajstić information content (AvgIpc) is 2.32. The molecule has 1 aromatic rings. The number of rotatable bonds is 3. The number of hydrogen-bond acceptors (Lipinski definition) is 4. The molecule has 1 fully saturated rings. The van der Waals surface area contributed by atoms with E-state index in [-0.39, 0.29) is 11.6 Å². The molecule has 0 amide bonds. The van der Waals surface area contributed by atoms with E-state index in [4.69, 9.17) is 5.11 Å². The van der Waals surface area contributed by atoms with Crippen LogP contribution in [0.4, 0.5) is 5.69 Å². The molecular formula is C11H14N2O3S. The van der Waals surface area contributed by atoms with Crippen LogP contribution in [0.25, 0.3) is 0 Å². The lowest BCUT2D eigenvalue weighted by molar-refractivity contribution is 0.0697. The van der Waals surface area contributed by atoms with Crippen LogP contribution in [0.3, 0.4) is 0 Å². The molecule has 0 unspecified atom stereocenters. The van der Waals surface area contributed by atoms with Gasteiger partial charge in [-0.25, -0.2) is 4.79 Å². The van der Waals surface area contributed by atoms with Crippen LogP contribution in [0.5, 0.6) is 0 Å². The lowest BCUT2D eigenvalue weighted by Crippen LogP contribution is -2.30. The van der Waals surface area contributed by atoms with Gasteiger partial charge in [-0.15, -0.1) is 0 Å². The Labute approximate surface area is 102 Å². The van der Waals surface area contributed by atoms with Crippen molar-refractivity contribution in [3.05, 3.63) is 24.0 Å². The lowest BCUT2D eigenvalue weighted by Gasteiger charge is -2.24. The molecule has 6 heteroatoms. The molecule has 0 radical (unpaired) electrons. The summed E-state index contributed by atoms with van der Waals surface area (Å²) in [6, 6.07) is 1.67. The van der Waals surface area contributed by atoms with Crippen molar-refractivity contribution < 1.29 is 14.1 Å². The highest BCUT2D eigenvalue weighted by Gasteiger charge is 2.19. The molecule has 92 valence electrons. The number of aromatic nitrogens is 1. The van der Waals surface area contributed by atoms with Crippen molar-refractivity contribution in [3.63, 3.8) is 0 Å². The van der Waals surface area contributed by atoms with Crippen molar-refractivity contribution in [2.75, 3.05) is 16.8 Å². The Hall–Kier alpha value is -1.43. The first kappa shape index (κ1) is 12.0. The van der Waals surface area contributed by atoms with E-state index in [0.717, 1.165) is 12.8 Å². The normalized spacial score (nSPS) is 24.2. The Morgan fingerprint density at radius 2 is 2.18 bits per heavy atom.